The number of hydrogen-bond acceptors (Lipinski definition) is 8. The van der Waals surface area contributed by atoms with Crippen LogP contribution < -0.4 is 15.1 Å². The molecule has 0 bridgehead atoms. The standard InChI is InChI=1S/C21H28N8OS/c1-12(2)27(6)17-7-14-15(16(24-17)8-22-5)9-28(21(14)30)18-10-31-20(25-18)19-26-23-11-29(19)13(3)4/h7,10-13,22H,8-9H2,1-6H3. The van der Waals surface area contributed by atoms with Crippen molar-refractivity contribution in [3.63, 3.8) is 0 Å². The molecule has 0 radical (unpaired) electrons. The largest absolute Gasteiger partial charge is 0.357 e. The molecule has 1 amide bonds. The van der Waals surface area contributed by atoms with Crippen LogP contribution in [0.15, 0.2) is 17.8 Å². The Bertz CT molecular complexity index is 1100. The summed E-state index contributed by atoms with van der Waals surface area (Å²) in [5.41, 5.74) is 2.55. The molecule has 0 aromatic carbocycles. The molecular formula is C21H28N8OS. The van der Waals surface area contributed by atoms with Gasteiger partial charge in [0.15, 0.2) is 10.8 Å². The first-order valence-corrected chi connectivity index (χ1v) is 11.3. The van der Waals surface area contributed by atoms with Crippen molar-refractivity contribution in [2.75, 3.05) is 23.9 Å². The molecular weight excluding hydrogens is 412 g/mol. The molecule has 1 aliphatic rings. The Morgan fingerprint density at radius 1 is 1.26 bits per heavy atom. The topological polar surface area (TPSA) is 92.1 Å². The number of carbonyl (C=O) groups excluding carboxylic acids is 1. The Morgan fingerprint density at radius 2 is 2.03 bits per heavy atom. The van der Waals surface area contributed by atoms with Crippen LogP contribution >= 0.6 is 11.3 Å². The SMILES string of the molecule is CNCc1nc(N(C)C(C)C)cc2c1CN(c1csc(-c3nncn3C(C)C)n1)C2=O. The number of fused-ring (bicyclic) bond motifs is 1. The van der Waals surface area contributed by atoms with Gasteiger partial charge in [0.25, 0.3) is 5.91 Å². The van der Waals surface area contributed by atoms with Gasteiger partial charge < -0.3 is 14.8 Å². The van der Waals surface area contributed by atoms with Crippen LogP contribution in [0.4, 0.5) is 11.6 Å². The molecule has 0 fully saturated rings. The lowest BCUT2D eigenvalue weighted by molar-refractivity contribution is 0.0996. The van der Waals surface area contributed by atoms with Crippen molar-refractivity contribution in [2.24, 2.45) is 0 Å². The molecule has 4 rings (SSSR count). The zero-order valence-corrected chi connectivity index (χ0v) is 19.6. The van der Waals surface area contributed by atoms with Crippen molar-refractivity contribution < 1.29 is 4.79 Å². The second kappa shape index (κ2) is 8.35. The van der Waals surface area contributed by atoms with E-state index in [1.54, 1.807) is 11.2 Å². The van der Waals surface area contributed by atoms with Crippen LogP contribution in [0.2, 0.25) is 0 Å². The van der Waals surface area contributed by atoms with Crippen LogP contribution in [-0.2, 0) is 13.1 Å². The number of rotatable bonds is 7. The predicted octanol–water partition coefficient (Wildman–Crippen LogP) is 3.10. The van der Waals surface area contributed by atoms with Gasteiger partial charge >= 0.3 is 0 Å². The summed E-state index contributed by atoms with van der Waals surface area (Å²) in [5.74, 6) is 2.11. The van der Waals surface area contributed by atoms with Gasteiger partial charge in [-0.3, -0.25) is 9.69 Å². The van der Waals surface area contributed by atoms with E-state index in [4.69, 9.17) is 9.97 Å². The fraction of sp³-hybridized carbons (Fsp3) is 0.476. The molecule has 10 heteroatoms. The zero-order valence-electron chi connectivity index (χ0n) is 18.7. The van der Waals surface area contributed by atoms with Crippen LogP contribution in [0.5, 0.6) is 0 Å². The van der Waals surface area contributed by atoms with Gasteiger partial charge in [-0.15, -0.1) is 21.5 Å². The van der Waals surface area contributed by atoms with E-state index in [0.717, 1.165) is 22.1 Å². The predicted molar refractivity (Wildman–Crippen MR) is 123 cm³/mol. The smallest absolute Gasteiger partial charge is 0.260 e. The third-order valence-electron chi connectivity index (χ3n) is 5.56. The number of hydrogen-bond donors (Lipinski definition) is 1. The highest BCUT2D eigenvalue weighted by Crippen LogP contribution is 2.35. The molecule has 0 unspecified atom stereocenters. The highest BCUT2D eigenvalue weighted by Gasteiger charge is 2.34. The first-order valence-electron chi connectivity index (χ1n) is 10.4. The van der Waals surface area contributed by atoms with E-state index in [0.29, 0.717) is 30.3 Å². The first-order chi connectivity index (χ1) is 14.8. The molecule has 1 N–H and O–H groups in total. The molecule has 0 saturated heterocycles. The molecule has 31 heavy (non-hydrogen) atoms. The van der Waals surface area contributed by atoms with Crippen molar-refractivity contribution in [3.05, 3.63) is 34.6 Å². The Hall–Kier alpha value is -2.85. The molecule has 0 saturated carbocycles. The molecule has 1 aliphatic heterocycles. The summed E-state index contributed by atoms with van der Waals surface area (Å²) in [6.45, 7) is 9.42. The fourth-order valence-corrected chi connectivity index (χ4v) is 4.36. The summed E-state index contributed by atoms with van der Waals surface area (Å²) in [7, 11) is 3.89. The molecule has 3 aromatic rings. The Labute approximate surface area is 186 Å². The van der Waals surface area contributed by atoms with Gasteiger partial charge in [0.1, 0.15) is 18.0 Å². The van der Waals surface area contributed by atoms with Crippen LogP contribution in [0.1, 0.15) is 55.4 Å². The Balaban J connectivity index is 1.69. The first kappa shape index (κ1) is 21.4. The van der Waals surface area contributed by atoms with Gasteiger partial charge in [-0.05, 0) is 40.8 Å². The molecule has 3 aromatic heterocycles. The lowest BCUT2D eigenvalue weighted by atomic mass is 10.1. The van der Waals surface area contributed by atoms with E-state index < -0.39 is 0 Å². The minimum atomic E-state index is -0.0460. The Morgan fingerprint density at radius 3 is 2.71 bits per heavy atom. The van der Waals surface area contributed by atoms with Gasteiger partial charge in [-0.25, -0.2) is 9.97 Å². The average molecular weight is 441 g/mol. The number of thiazole rings is 1. The van der Waals surface area contributed by atoms with E-state index >= 15 is 0 Å². The van der Waals surface area contributed by atoms with Crippen molar-refractivity contribution >= 4 is 28.9 Å². The lowest BCUT2D eigenvalue weighted by Crippen LogP contribution is -2.27. The van der Waals surface area contributed by atoms with Gasteiger partial charge in [-0.2, -0.15) is 0 Å². The van der Waals surface area contributed by atoms with E-state index in [9.17, 15) is 4.79 Å². The number of aromatic nitrogens is 5. The van der Waals surface area contributed by atoms with Crippen LogP contribution in [0, 0.1) is 0 Å². The summed E-state index contributed by atoms with van der Waals surface area (Å²) >= 11 is 1.47. The van der Waals surface area contributed by atoms with Gasteiger partial charge in [0.05, 0.1) is 17.8 Å². The fourth-order valence-electron chi connectivity index (χ4n) is 3.56. The highest BCUT2D eigenvalue weighted by molar-refractivity contribution is 7.13. The van der Waals surface area contributed by atoms with E-state index in [1.807, 2.05) is 30.1 Å². The number of nitrogens with zero attached hydrogens (tertiary/aromatic N) is 7. The van der Waals surface area contributed by atoms with Crippen molar-refractivity contribution in [1.82, 2.24) is 30.0 Å². The van der Waals surface area contributed by atoms with Gasteiger partial charge in [0, 0.05) is 36.6 Å². The molecule has 0 spiro atoms. The quantitative estimate of drug-likeness (QED) is 0.603. The number of pyridine rings is 1. The van der Waals surface area contributed by atoms with Crippen molar-refractivity contribution in [3.8, 4) is 10.8 Å². The highest BCUT2D eigenvalue weighted by atomic mass is 32.1. The third-order valence-corrected chi connectivity index (χ3v) is 6.38. The molecule has 9 nitrogen and oxygen atoms in total. The normalized spacial score (nSPS) is 13.5. The maximum atomic E-state index is 13.4. The summed E-state index contributed by atoms with van der Waals surface area (Å²) in [4.78, 5) is 26.7. The maximum Gasteiger partial charge on any atom is 0.260 e. The van der Waals surface area contributed by atoms with Crippen LogP contribution in [0.3, 0.4) is 0 Å². The minimum Gasteiger partial charge on any atom is -0.357 e. The number of carbonyl (C=O) groups is 1. The molecule has 4 heterocycles. The number of amides is 1. The second-order valence-electron chi connectivity index (χ2n) is 8.25. The summed E-state index contributed by atoms with van der Waals surface area (Å²) in [5, 5.41) is 14.1. The van der Waals surface area contributed by atoms with Gasteiger partial charge in [0.2, 0.25) is 0 Å². The molecule has 0 aliphatic carbocycles. The maximum absolute atomic E-state index is 13.4. The van der Waals surface area contributed by atoms with Crippen LogP contribution in [0.25, 0.3) is 10.8 Å². The van der Waals surface area contributed by atoms with Gasteiger partial charge in [-0.1, -0.05) is 0 Å². The van der Waals surface area contributed by atoms with Crippen molar-refractivity contribution in [2.45, 2.75) is 52.9 Å². The summed E-state index contributed by atoms with van der Waals surface area (Å²) < 4.78 is 1.98. The average Bonchev–Trinajstić information content (AvgIpc) is 3.46. The number of anilines is 2. The minimum absolute atomic E-state index is 0.0460. The number of nitrogens with one attached hydrogen (secondary N) is 1. The molecule has 164 valence electrons. The third kappa shape index (κ3) is 3.81. The van der Waals surface area contributed by atoms with Crippen molar-refractivity contribution in [1.29, 1.82) is 0 Å². The summed E-state index contributed by atoms with van der Waals surface area (Å²) in [6, 6.07) is 2.40. The zero-order chi connectivity index (χ0) is 22.3. The second-order valence-corrected chi connectivity index (χ2v) is 9.10. The monoisotopic (exact) mass is 440 g/mol. The van der Waals surface area contributed by atoms with E-state index in [2.05, 4.69) is 48.1 Å². The van der Waals surface area contributed by atoms with E-state index in [-0.39, 0.29) is 18.0 Å². The van der Waals surface area contributed by atoms with E-state index in [1.165, 1.54) is 11.3 Å². The lowest BCUT2D eigenvalue weighted by Gasteiger charge is -2.24. The molecule has 0 atom stereocenters. The Kier molecular flexibility index (Phi) is 5.76. The van der Waals surface area contributed by atoms with Crippen LogP contribution in [-0.4, -0.2) is 50.8 Å². The summed E-state index contributed by atoms with van der Waals surface area (Å²) in [6.07, 6.45) is 1.71.